The summed E-state index contributed by atoms with van der Waals surface area (Å²) >= 11 is 0. The molecule has 1 atom stereocenters. The summed E-state index contributed by atoms with van der Waals surface area (Å²) < 4.78 is 5.43. The lowest BCUT2D eigenvalue weighted by molar-refractivity contribution is 0.0172. The van der Waals surface area contributed by atoms with Crippen molar-refractivity contribution in [2.45, 2.75) is 39.2 Å². The summed E-state index contributed by atoms with van der Waals surface area (Å²) in [5, 5.41) is 1.70. The van der Waals surface area contributed by atoms with Gasteiger partial charge in [-0.3, -0.25) is 9.59 Å². The number of carbonyl (C=O) groups is 3. The van der Waals surface area contributed by atoms with E-state index in [2.05, 4.69) is 0 Å². The van der Waals surface area contributed by atoms with Gasteiger partial charge >= 0.3 is 6.09 Å². The fourth-order valence-electron chi connectivity index (χ4n) is 3.50. The Balaban J connectivity index is 1.82. The summed E-state index contributed by atoms with van der Waals surface area (Å²) in [6.45, 7) is 6.42. The first-order valence-electron chi connectivity index (χ1n) is 9.28. The molecule has 27 heavy (non-hydrogen) atoms. The van der Waals surface area contributed by atoms with Gasteiger partial charge < -0.3 is 9.64 Å². The molecular weight excluding hydrogens is 342 g/mol. The Kier molecular flexibility index (Phi) is 5.31. The Labute approximate surface area is 159 Å². The van der Waals surface area contributed by atoms with Gasteiger partial charge in [-0.1, -0.05) is 24.3 Å². The lowest BCUT2D eigenvalue weighted by Gasteiger charge is -2.33. The zero-order valence-corrected chi connectivity index (χ0v) is 16.0. The van der Waals surface area contributed by atoms with Gasteiger partial charge in [0, 0.05) is 30.1 Å². The summed E-state index contributed by atoms with van der Waals surface area (Å²) in [5.41, 5.74) is 0.466. The molecule has 1 aliphatic heterocycles. The molecule has 0 aliphatic carbocycles. The number of rotatable bonds is 3. The van der Waals surface area contributed by atoms with E-state index in [-0.39, 0.29) is 17.8 Å². The van der Waals surface area contributed by atoms with Crippen LogP contribution in [0.1, 0.15) is 54.3 Å². The van der Waals surface area contributed by atoms with Crippen LogP contribution in [-0.4, -0.2) is 41.8 Å². The maximum atomic E-state index is 13.1. The zero-order chi connectivity index (χ0) is 19.6. The van der Waals surface area contributed by atoms with Gasteiger partial charge in [0.25, 0.3) is 0 Å². The van der Waals surface area contributed by atoms with Crippen molar-refractivity contribution in [2.75, 3.05) is 13.1 Å². The third-order valence-electron chi connectivity index (χ3n) is 4.75. The largest absolute Gasteiger partial charge is 0.444 e. The van der Waals surface area contributed by atoms with E-state index in [9.17, 15) is 14.4 Å². The maximum Gasteiger partial charge on any atom is 0.410 e. The van der Waals surface area contributed by atoms with Gasteiger partial charge in [-0.25, -0.2) is 4.79 Å². The van der Waals surface area contributed by atoms with Crippen molar-refractivity contribution in [1.82, 2.24) is 4.90 Å². The lowest BCUT2D eigenvalue weighted by Crippen LogP contribution is -2.44. The summed E-state index contributed by atoms with van der Waals surface area (Å²) in [5.74, 6) is -0.316. The number of ether oxygens (including phenoxy) is 1. The van der Waals surface area contributed by atoms with E-state index in [0.29, 0.717) is 24.2 Å². The Bertz CT molecular complexity index is 882. The molecule has 1 fully saturated rings. The fraction of sp³-hybridized carbons (Fsp3) is 0.409. The third-order valence-corrected chi connectivity index (χ3v) is 4.75. The Morgan fingerprint density at radius 1 is 1.19 bits per heavy atom. The second-order valence-electron chi connectivity index (χ2n) is 8.03. The molecule has 0 N–H and O–H groups in total. The summed E-state index contributed by atoms with van der Waals surface area (Å²) in [6.07, 6.45) is 1.88. The molecule has 0 saturated carbocycles. The number of aldehydes is 1. The van der Waals surface area contributed by atoms with Gasteiger partial charge in [-0.05, 0) is 56.5 Å². The number of ketones is 1. The molecule has 142 valence electrons. The minimum absolute atomic E-state index is 0.0305. The quantitative estimate of drug-likeness (QED) is 0.593. The van der Waals surface area contributed by atoms with E-state index >= 15 is 0 Å². The standard InChI is InChI=1S/C22H25NO4/c1-22(2,3)27-21(26)23-10-6-8-16(13-23)20(25)17-11-15-7-4-5-9-19(15)18(12-17)14-24/h4-5,7,9,11-12,14,16H,6,8,10,13H2,1-3H3. The average molecular weight is 367 g/mol. The predicted octanol–water partition coefficient (Wildman–Crippen LogP) is 4.48. The van der Waals surface area contributed by atoms with Crippen LogP contribution in [0.2, 0.25) is 0 Å². The van der Waals surface area contributed by atoms with E-state index in [4.69, 9.17) is 4.74 Å². The average Bonchev–Trinajstić information content (AvgIpc) is 2.65. The monoisotopic (exact) mass is 367 g/mol. The van der Waals surface area contributed by atoms with Crippen LogP contribution < -0.4 is 0 Å². The van der Waals surface area contributed by atoms with E-state index in [0.717, 1.165) is 29.9 Å². The summed E-state index contributed by atoms with van der Waals surface area (Å²) in [7, 11) is 0. The number of hydrogen-bond acceptors (Lipinski definition) is 4. The Hall–Kier alpha value is -2.69. The van der Waals surface area contributed by atoms with Gasteiger partial charge in [0.2, 0.25) is 0 Å². The SMILES string of the molecule is CC(C)(C)OC(=O)N1CCCC(C(=O)c2cc(C=O)c3ccccc3c2)C1. The highest BCUT2D eigenvalue weighted by atomic mass is 16.6. The van der Waals surface area contributed by atoms with Crippen molar-refractivity contribution in [3.63, 3.8) is 0 Å². The van der Waals surface area contributed by atoms with Gasteiger partial charge in [0.1, 0.15) is 5.60 Å². The number of Topliss-reactive ketones (excluding diaryl/α,β-unsaturated/α-hetero) is 1. The van der Waals surface area contributed by atoms with Crippen LogP contribution in [0.4, 0.5) is 4.79 Å². The van der Waals surface area contributed by atoms with E-state index < -0.39 is 5.60 Å². The smallest absolute Gasteiger partial charge is 0.410 e. The minimum Gasteiger partial charge on any atom is -0.444 e. The predicted molar refractivity (Wildman–Crippen MR) is 104 cm³/mol. The van der Waals surface area contributed by atoms with Gasteiger partial charge in [0.15, 0.2) is 12.1 Å². The second kappa shape index (κ2) is 7.51. The highest BCUT2D eigenvalue weighted by Gasteiger charge is 2.31. The van der Waals surface area contributed by atoms with E-state index in [1.807, 2.05) is 51.1 Å². The van der Waals surface area contributed by atoms with Crippen molar-refractivity contribution in [1.29, 1.82) is 0 Å². The maximum absolute atomic E-state index is 13.1. The van der Waals surface area contributed by atoms with Crippen LogP contribution in [0.3, 0.4) is 0 Å². The number of fused-ring (bicyclic) bond motifs is 1. The Morgan fingerprint density at radius 3 is 2.63 bits per heavy atom. The van der Waals surface area contributed by atoms with Crippen LogP contribution in [0, 0.1) is 5.92 Å². The van der Waals surface area contributed by atoms with Crippen LogP contribution in [0.15, 0.2) is 36.4 Å². The normalized spacial score (nSPS) is 17.6. The molecule has 2 aromatic carbocycles. The first-order chi connectivity index (χ1) is 12.8. The first-order valence-corrected chi connectivity index (χ1v) is 9.28. The number of benzene rings is 2. The molecule has 0 radical (unpaired) electrons. The summed E-state index contributed by atoms with van der Waals surface area (Å²) in [4.78, 5) is 38.5. The van der Waals surface area contributed by atoms with Crippen LogP contribution in [-0.2, 0) is 4.74 Å². The van der Waals surface area contributed by atoms with Crippen LogP contribution in [0.25, 0.3) is 10.8 Å². The molecule has 0 spiro atoms. The first kappa shape index (κ1) is 19.1. The molecule has 1 aliphatic rings. The number of carbonyl (C=O) groups excluding carboxylic acids is 3. The van der Waals surface area contributed by atoms with Crippen molar-refractivity contribution >= 4 is 28.9 Å². The fourth-order valence-corrected chi connectivity index (χ4v) is 3.50. The lowest BCUT2D eigenvalue weighted by atomic mass is 9.88. The van der Waals surface area contributed by atoms with E-state index in [1.165, 1.54) is 0 Å². The number of piperidine rings is 1. The summed E-state index contributed by atoms with van der Waals surface area (Å²) in [6, 6.07) is 11.0. The van der Waals surface area contributed by atoms with Crippen molar-refractivity contribution < 1.29 is 19.1 Å². The number of nitrogens with zero attached hydrogens (tertiary/aromatic N) is 1. The molecule has 1 saturated heterocycles. The molecule has 2 aromatic rings. The molecule has 1 unspecified atom stereocenters. The van der Waals surface area contributed by atoms with Gasteiger partial charge in [-0.2, -0.15) is 0 Å². The van der Waals surface area contributed by atoms with Crippen LogP contribution in [0.5, 0.6) is 0 Å². The highest BCUT2D eigenvalue weighted by Crippen LogP contribution is 2.26. The second-order valence-corrected chi connectivity index (χ2v) is 8.03. The van der Waals surface area contributed by atoms with Crippen molar-refractivity contribution in [2.24, 2.45) is 5.92 Å². The zero-order valence-electron chi connectivity index (χ0n) is 16.0. The number of hydrogen-bond donors (Lipinski definition) is 0. The van der Waals surface area contributed by atoms with Gasteiger partial charge in [-0.15, -0.1) is 0 Å². The molecule has 1 heterocycles. The molecule has 3 rings (SSSR count). The van der Waals surface area contributed by atoms with Gasteiger partial charge in [0.05, 0.1) is 0 Å². The molecular formula is C22H25NO4. The Morgan fingerprint density at radius 2 is 1.93 bits per heavy atom. The molecule has 5 heteroatoms. The van der Waals surface area contributed by atoms with E-state index in [1.54, 1.807) is 11.0 Å². The van der Waals surface area contributed by atoms with Crippen molar-refractivity contribution in [3.05, 3.63) is 47.5 Å². The number of amides is 1. The topological polar surface area (TPSA) is 63.7 Å². The molecule has 0 aromatic heterocycles. The third kappa shape index (κ3) is 4.35. The molecule has 5 nitrogen and oxygen atoms in total. The minimum atomic E-state index is -0.564. The number of likely N-dealkylation sites (tertiary alicyclic amines) is 1. The van der Waals surface area contributed by atoms with Crippen molar-refractivity contribution in [3.8, 4) is 0 Å². The molecule has 0 bridgehead atoms. The van der Waals surface area contributed by atoms with Crippen LogP contribution >= 0.6 is 0 Å². The molecule has 1 amide bonds. The highest BCUT2D eigenvalue weighted by molar-refractivity contribution is 6.06.